The van der Waals surface area contributed by atoms with Gasteiger partial charge in [-0.25, -0.2) is 15.0 Å². The van der Waals surface area contributed by atoms with E-state index >= 15 is 0 Å². The van der Waals surface area contributed by atoms with E-state index in [0.717, 1.165) is 71.7 Å². The Kier molecular flexibility index (Phi) is 8.89. The Morgan fingerprint density at radius 1 is 0.935 bits per heavy atom. The first-order chi connectivity index (χ1) is 22.5. The van der Waals surface area contributed by atoms with E-state index in [1.807, 2.05) is 73.0 Å². The second-order valence-corrected chi connectivity index (χ2v) is 11.1. The SMILES string of the molecule is CC.COc1c(NC2CCCN(Cc3ccc(-n4c(-c5cccnc5N)nc5ccc(-c6ccccc6)nc54)cc3)C2)c(=O)c1=O. The molecule has 1 unspecified atom stereocenters. The Hall–Kier alpha value is -5.35. The van der Waals surface area contributed by atoms with Crippen LogP contribution in [-0.2, 0) is 6.54 Å². The van der Waals surface area contributed by atoms with Crippen molar-refractivity contribution in [3.8, 4) is 34.1 Å². The number of aromatic nitrogens is 4. The average molecular weight is 616 g/mol. The molecule has 0 radical (unpaired) electrons. The molecule has 234 valence electrons. The largest absolute Gasteiger partial charge is 0.491 e. The van der Waals surface area contributed by atoms with Crippen LogP contribution in [0.5, 0.6) is 5.75 Å². The Labute approximate surface area is 267 Å². The van der Waals surface area contributed by atoms with Gasteiger partial charge in [0.05, 0.1) is 18.4 Å². The normalized spacial score (nSPS) is 15.0. The molecule has 10 nitrogen and oxygen atoms in total. The van der Waals surface area contributed by atoms with Crippen LogP contribution in [-0.4, -0.2) is 50.7 Å². The first-order valence-corrected chi connectivity index (χ1v) is 15.6. The van der Waals surface area contributed by atoms with Crippen molar-refractivity contribution in [3.63, 3.8) is 0 Å². The molecule has 1 aliphatic rings. The van der Waals surface area contributed by atoms with Crippen LogP contribution in [0.1, 0.15) is 32.3 Å². The van der Waals surface area contributed by atoms with Gasteiger partial charge < -0.3 is 15.8 Å². The van der Waals surface area contributed by atoms with Crippen molar-refractivity contribution in [1.29, 1.82) is 0 Å². The molecule has 7 rings (SSSR count). The number of imidazole rings is 1. The Morgan fingerprint density at radius 3 is 2.46 bits per heavy atom. The van der Waals surface area contributed by atoms with Gasteiger partial charge in [0, 0.05) is 36.6 Å². The van der Waals surface area contributed by atoms with Crippen LogP contribution >= 0.6 is 0 Å². The molecule has 1 aliphatic heterocycles. The molecule has 3 aromatic carbocycles. The van der Waals surface area contributed by atoms with Crippen LogP contribution < -0.4 is 26.6 Å². The monoisotopic (exact) mass is 615 g/mol. The molecule has 1 atom stereocenters. The number of methoxy groups -OCH3 is 1. The second kappa shape index (κ2) is 13.3. The van der Waals surface area contributed by atoms with Crippen LogP contribution in [0, 0.1) is 0 Å². The second-order valence-electron chi connectivity index (χ2n) is 11.1. The highest BCUT2D eigenvalue weighted by Gasteiger charge is 2.27. The minimum Gasteiger partial charge on any atom is -0.491 e. The Morgan fingerprint density at radius 2 is 1.72 bits per heavy atom. The molecule has 3 N–H and O–H groups in total. The zero-order valence-corrected chi connectivity index (χ0v) is 26.2. The molecular formula is C36H37N7O3. The van der Waals surface area contributed by atoms with E-state index in [1.165, 1.54) is 7.11 Å². The predicted octanol–water partition coefficient (Wildman–Crippen LogP) is 5.44. The number of rotatable bonds is 8. The lowest BCUT2D eigenvalue weighted by Gasteiger charge is -2.34. The zero-order valence-electron chi connectivity index (χ0n) is 26.2. The van der Waals surface area contributed by atoms with Crippen molar-refractivity contribution < 1.29 is 4.74 Å². The van der Waals surface area contributed by atoms with E-state index in [0.29, 0.717) is 17.3 Å². The standard InChI is InChI=1S/C34H31N7O3.C2H6/c1-44-31-28(29(42)30(31)43)37-23-9-6-18-40(20-23)19-21-11-13-24(14-12-21)41-33(25-10-5-17-36-32(25)35)39-27-16-15-26(38-34(27)41)22-7-3-2-4-8-22;1-2/h2-5,7-8,10-17,23,37H,6,9,18-20H2,1H3,(H2,35,36);1-2H3. The molecule has 1 fully saturated rings. The van der Waals surface area contributed by atoms with Gasteiger partial charge in [-0.05, 0) is 61.3 Å². The van der Waals surface area contributed by atoms with Crippen molar-refractivity contribution in [2.24, 2.45) is 0 Å². The number of pyridine rings is 2. The van der Waals surface area contributed by atoms with Gasteiger partial charge in [0.2, 0.25) is 0 Å². The van der Waals surface area contributed by atoms with Crippen LogP contribution in [0.2, 0.25) is 0 Å². The van der Waals surface area contributed by atoms with E-state index in [1.54, 1.807) is 6.20 Å². The quantitative estimate of drug-likeness (QED) is 0.215. The number of fused-ring (bicyclic) bond motifs is 1. The number of piperidine rings is 1. The van der Waals surface area contributed by atoms with Gasteiger partial charge in [-0.3, -0.25) is 19.1 Å². The van der Waals surface area contributed by atoms with Gasteiger partial charge in [-0.1, -0.05) is 56.3 Å². The fourth-order valence-electron chi connectivity index (χ4n) is 5.99. The molecule has 0 amide bonds. The van der Waals surface area contributed by atoms with Gasteiger partial charge >= 0.3 is 0 Å². The lowest BCUT2D eigenvalue weighted by Crippen LogP contribution is -2.45. The summed E-state index contributed by atoms with van der Waals surface area (Å²) < 4.78 is 7.14. The van der Waals surface area contributed by atoms with E-state index in [4.69, 9.17) is 20.4 Å². The first-order valence-electron chi connectivity index (χ1n) is 15.6. The lowest BCUT2D eigenvalue weighted by atomic mass is 10.0. The van der Waals surface area contributed by atoms with Crippen LogP contribution in [0.15, 0.2) is 94.6 Å². The molecule has 3 aromatic heterocycles. The number of ether oxygens (including phenoxy) is 1. The number of nitrogens with two attached hydrogens (primary N) is 1. The molecule has 4 heterocycles. The molecule has 1 saturated heterocycles. The summed E-state index contributed by atoms with van der Waals surface area (Å²) in [6.45, 7) is 6.46. The maximum Gasteiger partial charge on any atom is 0.271 e. The van der Waals surface area contributed by atoms with Crippen molar-refractivity contribution in [2.75, 3.05) is 31.2 Å². The van der Waals surface area contributed by atoms with Crippen LogP contribution in [0.4, 0.5) is 11.5 Å². The third-order valence-corrected chi connectivity index (χ3v) is 8.18. The third kappa shape index (κ3) is 5.87. The van der Waals surface area contributed by atoms with Gasteiger partial charge in [0.25, 0.3) is 10.9 Å². The van der Waals surface area contributed by atoms with Crippen LogP contribution in [0.3, 0.4) is 0 Å². The van der Waals surface area contributed by atoms with Gasteiger partial charge in [0.1, 0.15) is 17.0 Å². The summed E-state index contributed by atoms with van der Waals surface area (Å²) in [7, 11) is 1.41. The summed E-state index contributed by atoms with van der Waals surface area (Å²) in [6.07, 6.45) is 3.58. The number of hydrogen-bond donors (Lipinski definition) is 2. The zero-order chi connectivity index (χ0) is 32.2. The number of hydrogen-bond acceptors (Lipinski definition) is 9. The highest BCUT2D eigenvalue weighted by atomic mass is 16.5. The molecule has 0 bridgehead atoms. The fourth-order valence-corrected chi connectivity index (χ4v) is 5.99. The molecular weight excluding hydrogens is 578 g/mol. The third-order valence-electron chi connectivity index (χ3n) is 8.18. The van der Waals surface area contributed by atoms with Gasteiger partial charge in [0.15, 0.2) is 17.2 Å². The van der Waals surface area contributed by atoms with E-state index in [2.05, 4.69) is 39.5 Å². The molecule has 6 aromatic rings. The van der Waals surface area contributed by atoms with Crippen molar-refractivity contribution in [1.82, 2.24) is 24.4 Å². The van der Waals surface area contributed by atoms with Crippen molar-refractivity contribution >= 4 is 22.7 Å². The molecule has 46 heavy (non-hydrogen) atoms. The maximum atomic E-state index is 12.0. The topological polar surface area (TPSA) is 128 Å². The van der Waals surface area contributed by atoms with Crippen molar-refractivity contribution in [3.05, 3.63) is 111 Å². The summed E-state index contributed by atoms with van der Waals surface area (Å²) in [5.74, 6) is 1.21. The number of likely N-dealkylation sites (tertiary alicyclic amines) is 1. The number of anilines is 2. The summed E-state index contributed by atoms with van der Waals surface area (Å²) in [4.78, 5) is 40.4. The van der Waals surface area contributed by atoms with Crippen LogP contribution in [0.25, 0.3) is 39.5 Å². The number of benzene rings is 2. The van der Waals surface area contributed by atoms with E-state index in [9.17, 15) is 9.59 Å². The first kappa shape index (κ1) is 30.7. The number of nitrogens with one attached hydrogen (secondary N) is 1. The highest BCUT2D eigenvalue weighted by Crippen LogP contribution is 2.32. The molecule has 10 heteroatoms. The maximum absolute atomic E-state index is 12.0. The lowest BCUT2D eigenvalue weighted by molar-refractivity contribution is 0.208. The highest BCUT2D eigenvalue weighted by molar-refractivity contribution is 5.84. The summed E-state index contributed by atoms with van der Waals surface area (Å²) in [5, 5.41) is 3.25. The summed E-state index contributed by atoms with van der Waals surface area (Å²) in [5.41, 5.74) is 11.7. The Balaban J connectivity index is 0.00000182. The fraction of sp³-hybridized carbons (Fsp3) is 0.250. The van der Waals surface area contributed by atoms with E-state index < -0.39 is 10.9 Å². The summed E-state index contributed by atoms with van der Waals surface area (Å²) in [6, 6.07) is 26.3. The Bertz CT molecular complexity index is 2030. The molecule has 0 spiro atoms. The van der Waals surface area contributed by atoms with Crippen molar-refractivity contribution in [2.45, 2.75) is 39.3 Å². The molecule has 0 saturated carbocycles. The van der Waals surface area contributed by atoms with E-state index in [-0.39, 0.29) is 11.8 Å². The predicted molar refractivity (Wildman–Crippen MR) is 183 cm³/mol. The number of nitrogen functional groups attached to an aromatic ring is 1. The molecule has 0 aliphatic carbocycles. The number of nitrogens with zero attached hydrogens (tertiary/aromatic N) is 5. The minimum atomic E-state index is -0.561. The minimum absolute atomic E-state index is 0.0647. The average Bonchev–Trinajstić information content (AvgIpc) is 3.48. The summed E-state index contributed by atoms with van der Waals surface area (Å²) >= 11 is 0. The van der Waals surface area contributed by atoms with Gasteiger partial charge in [-0.2, -0.15) is 0 Å². The smallest absolute Gasteiger partial charge is 0.271 e. The van der Waals surface area contributed by atoms with Gasteiger partial charge in [-0.15, -0.1) is 0 Å².